The molecule has 2 rings (SSSR count). The molecule has 0 aromatic heterocycles. The molecule has 68 valence electrons. The number of halogens is 1. The molecule has 0 atom stereocenters. The van der Waals surface area contributed by atoms with Gasteiger partial charge < -0.3 is 10.1 Å². The summed E-state index contributed by atoms with van der Waals surface area (Å²) in [5.74, 6) is 0.657. The number of hydrogen-bond donors (Lipinski definition) is 1. The minimum absolute atomic E-state index is 0.0500. The molecule has 1 amide bonds. The number of benzene rings is 1. The van der Waals surface area contributed by atoms with Crippen LogP contribution in [0.5, 0.6) is 5.75 Å². The summed E-state index contributed by atoms with van der Waals surface area (Å²) in [6.45, 7) is 1.11. The van der Waals surface area contributed by atoms with E-state index in [2.05, 4.69) is 27.9 Å². The van der Waals surface area contributed by atoms with Gasteiger partial charge in [-0.25, -0.2) is 0 Å². The predicted molar refractivity (Wildman–Crippen MR) is 57.0 cm³/mol. The second-order valence-corrected chi connectivity index (χ2v) is 3.88. The highest BCUT2D eigenvalue weighted by atomic mass is 127. The Morgan fingerprint density at radius 3 is 3.15 bits per heavy atom. The van der Waals surface area contributed by atoms with Crippen molar-refractivity contribution in [3.05, 3.63) is 27.3 Å². The highest BCUT2D eigenvalue weighted by Gasteiger charge is 2.17. The largest absolute Gasteiger partial charge is 0.490 e. The van der Waals surface area contributed by atoms with Crippen LogP contribution in [0.1, 0.15) is 10.4 Å². The Hall–Kier alpha value is -0.780. The molecule has 4 heteroatoms. The van der Waals surface area contributed by atoms with E-state index in [-0.39, 0.29) is 5.91 Å². The van der Waals surface area contributed by atoms with Gasteiger partial charge in [-0.05, 0) is 34.7 Å². The van der Waals surface area contributed by atoms with Gasteiger partial charge in [-0.1, -0.05) is 6.07 Å². The maximum atomic E-state index is 11.5. The number of rotatable bonds is 0. The number of carbonyl (C=O) groups is 1. The summed E-state index contributed by atoms with van der Waals surface area (Å²) in [7, 11) is 0. The van der Waals surface area contributed by atoms with Crippen LogP contribution in [0.25, 0.3) is 0 Å². The second-order valence-electron chi connectivity index (χ2n) is 2.72. The van der Waals surface area contributed by atoms with Gasteiger partial charge >= 0.3 is 0 Å². The lowest BCUT2D eigenvalue weighted by molar-refractivity contribution is 0.0957. The van der Waals surface area contributed by atoms with E-state index in [1.165, 1.54) is 0 Å². The molecule has 0 bridgehead atoms. The molecule has 13 heavy (non-hydrogen) atoms. The summed E-state index contributed by atoms with van der Waals surface area (Å²) in [6.07, 6.45) is 0. The van der Waals surface area contributed by atoms with Crippen molar-refractivity contribution in [2.75, 3.05) is 13.2 Å². The summed E-state index contributed by atoms with van der Waals surface area (Å²) in [4.78, 5) is 11.5. The topological polar surface area (TPSA) is 38.3 Å². The van der Waals surface area contributed by atoms with Gasteiger partial charge in [-0.2, -0.15) is 0 Å². The Kier molecular flexibility index (Phi) is 2.39. The minimum Gasteiger partial charge on any atom is -0.490 e. The van der Waals surface area contributed by atoms with Gasteiger partial charge in [-0.15, -0.1) is 0 Å². The molecule has 0 aliphatic carbocycles. The molecule has 1 aliphatic heterocycles. The highest BCUT2D eigenvalue weighted by Crippen LogP contribution is 2.26. The smallest absolute Gasteiger partial charge is 0.255 e. The number of para-hydroxylation sites is 1. The van der Waals surface area contributed by atoms with E-state index >= 15 is 0 Å². The van der Waals surface area contributed by atoms with Crippen molar-refractivity contribution in [1.29, 1.82) is 0 Å². The minimum atomic E-state index is -0.0500. The van der Waals surface area contributed by atoms with Crippen molar-refractivity contribution in [3.8, 4) is 5.75 Å². The molecular formula is C9H8INO2. The van der Waals surface area contributed by atoms with Crippen LogP contribution in [0.4, 0.5) is 0 Å². The van der Waals surface area contributed by atoms with Crippen LogP contribution in [-0.2, 0) is 0 Å². The van der Waals surface area contributed by atoms with Crippen molar-refractivity contribution in [2.45, 2.75) is 0 Å². The lowest BCUT2D eigenvalue weighted by Crippen LogP contribution is -2.24. The zero-order valence-corrected chi connectivity index (χ0v) is 9.00. The van der Waals surface area contributed by atoms with E-state index in [0.717, 1.165) is 3.57 Å². The lowest BCUT2D eigenvalue weighted by Gasteiger charge is -2.06. The number of amides is 1. The third-order valence-corrected chi connectivity index (χ3v) is 2.70. The zero-order chi connectivity index (χ0) is 9.26. The Labute approximate surface area is 89.6 Å². The molecule has 1 aromatic rings. The third-order valence-electron chi connectivity index (χ3n) is 1.85. The molecule has 1 heterocycles. The summed E-state index contributed by atoms with van der Waals surface area (Å²) in [6, 6.07) is 5.56. The number of fused-ring (bicyclic) bond motifs is 1. The number of ether oxygens (including phenoxy) is 1. The third kappa shape index (κ3) is 1.63. The van der Waals surface area contributed by atoms with Gasteiger partial charge in [0, 0.05) is 0 Å². The van der Waals surface area contributed by atoms with Crippen molar-refractivity contribution in [1.82, 2.24) is 5.32 Å². The zero-order valence-electron chi connectivity index (χ0n) is 6.84. The van der Waals surface area contributed by atoms with Crippen molar-refractivity contribution in [3.63, 3.8) is 0 Å². The fourth-order valence-corrected chi connectivity index (χ4v) is 1.90. The Morgan fingerprint density at radius 1 is 1.46 bits per heavy atom. The summed E-state index contributed by atoms with van der Waals surface area (Å²) < 4.78 is 6.44. The average molecular weight is 289 g/mol. The Bertz CT molecular complexity index is 351. The van der Waals surface area contributed by atoms with Crippen molar-refractivity contribution >= 4 is 28.5 Å². The van der Waals surface area contributed by atoms with Gasteiger partial charge in [0.05, 0.1) is 15.7 Å². The van der Waals surface area contributed by atoms with Gasteiger partial charge in [0.1, 0.15) is 12.4 Å². The summed E-state index contributed by atoms with van der Waals surface area (Å²) in [5.41, 5.74) is 0.629. The molecule has 0 radical (unpaired) electrons. The lowest BCUT2D eigenvalue weighted by atomic mass is 10.2. The van der Waals surface area contributed by atoms with E-state index < -0.39 is 0 Å². The normalized spacial score (nSPS) is 15.3. The van der Waals surface area contributed by atoms with E-state index in [9.17, 15) is 4.79 Å². The fraction of sp³-hybridized carbons (Fsp3) is 0.222. The first-order chi connectivity index (χ1) is 6.29. The van der Waals surface area contributed by atoms with E-state index in [0.29, 0.717) is 24.5 Å². The molecule has 0 saturated carbocycles. The standard InChI is InChI=1S/C9H8INO2/c10-7-3-1-2-6-8(7)13-5-4-11-9(6)12/h1-3H,4-5H2,(H,11,12). The molecule has 3 nitrogen and oxygen atoms in total. The van der Waals surface area contributed by atoms with Crippen LogP contribution < -0.4 is 10.1 Å². The summed E-state index contributed by atoms with van der Waals surface area (Å²) >= 11 is 2.17. The second kappa shape index (κ2) is 3.53. The Morgan fingerprint density at radius 2 is 2.31 bits per heavy atom. The van der Waals surface area contributed by atoms with Crippen molar-refractivity contribution < 1.29 is 9.53 Å². The quantitative estimate of drug-likeness (QED) is 0.733. The molecular weight excluding hydrogens is 281 g/mol. The molecule has 0 fully saturated rings. The number of hydrogen-bond acceptors (Lipinski definition) is 2. The maximum Gasteiger partial charge on any atom is 0.255 e. The van der Waals surface area contributed by atoms with Gasteiger partial charge in [0.15, 0.2) is 0 Å². The molecule has 0 saturated heterocycles. The van der Waals surface area contributed by atoms with Crippen LogP contribution in [-0.4, -0.2) is 19.1 Å². The van der Waals surface area contributed by atoms with Gasteiger partial charge in [0.25, 0.3) is 5.91 Å². The SMILES string of the molecule is O=C1NCCOc2c(I)cccc21. The van der Waals surface area contributed by atoms with Crippen LogP contribution in [0, 0.1) is 3.57 Å². The molecule has 1 aliphatic rings. The monoisotopic (exact) mass is 289 g/mol. The van der Waals surface area contributed by atoms with Crippen LogP contribution in [0.2, 0.25) is 0 Å². The highest BCUT2D eigenvalue weighted by molar-refractivity contribution is 14.1. The van der Waals surface area contributed by atoms with E-state index in [1.54, 1.807) is 6.07 Å². The molecule has 0 unspecified atom stereocenters. The van der Waals surface area contributed by atoms with Crippen LogP contribution >= 0.6 is 22.6 Å². The fourth-order valence-electron chi connectivity index (χ4n) is 1.25. The Balaban J connectivity index is 2.54. The first kappa shape index (κ1) is 8.80. The predicted octanol–water partition coefficient (Wildman–Crippen LogP) is 1.41. The maximum absolute atomic E-state index is 11.5. The first-order valence-electron chi connectivity index (χ1n) is 3.98. The van der Waals surface area contributed by atoms with E-state index in [4.69, 9.17) is 4.74 Å². The number of nitrogens with one attached hydrogen (secondary N) is 1. The van der Waals surface area contributed by atoms with Crippen LogP contribution in [0.15, 0.2) is 18.2 Å². The van der Waals surface area contributed by atoms with Gasteiger partial charge in [-0.3, -0.25) is 4.79 Å². The van der Waals surface area contributed by atoms with Gasteiger partial charge in [0.2, 0.25) is 0 Å². The van der Waals surface area contributed by atoms with E-state index in [1.807, 2.05) is 12.1 Å². The number of carbonyl (C=O) groups excluding carboxylic acids is 1. The first-order valence-corrected chi connectivity index (χ1v) is 5.06. The van der Waals surface area contributed by atoms with Crippen LogP contribution in [0.3, 0.4) is 0 Å². The van der Waals surface area contributed by atoms with Crippen molar-refractivity contribution in [2.24, 2.45) is 0 Å². The molecule has 0 spiro atoms. The average Bonchev–Trinajstić information content (AvgIpc) is 2.30. The molecule has 1 N–H and O–H groups in total. The molecule has 1 aromatic carbocycles. The summed E-state index contributed by atoms with van der Waals surface area (Å²) in [5, 5.41) is 2.76.